The number of nitrogens with one attached hydrogen (secondary N) is 1. The largest absolute Gasteiger partial charge is 0.395 e. The molecule has 2 atom stereocenters. The molecule has 80 valence electrons. The first-order valence-corrected chi connectivity index (χ1v) is 5.61. The van der Waals surface area contributed by atoms with Gasteiger partial charge in [-0.1, -0.05) is 33.1 Å². The van der Waals surface area contributed by atoms with Gasteiger partial charge >= 0.3 is 0 Å². The molecule has 0 rings (SSSR count). The molecule has 2 heteroatoms. The summed E-state index contributed by atoms with van der Waals surface area (Å²) in [6, 6.07) is 0.834. The predicted molar refractivity (Wildman–Crippen MR) is 57.9 cm³/mol. The van der Waals surface area contributed by atoms with Crippen LogP contribution in [0.4, 0.5) is 0 Å². The molecule has 0 aliphatic rings. The third-order valence-corrected chi connectivity index (χ3v) is 2.47. The highest BCUT2D eigenvalue weighted by molar-refractivity contribution is 4.69. The van der Waals surface area contributed by atoms with Crippen LogP contribution in [0.25, 0.3) is 0 Å². The van der Waals surface area contributed by atoms with Crippen molar-refractivity contribution in [1.29, 1.82) is 0 Å². The molecule has 0 amide bonds. The smallest absolute Gasteiger partial charge is 0.0584 e. The second-order valence-electron chi connectivity index (χ2n) is 3.85. The molecule has 0 aromatic carbocycles. The van der Waals surface area contributed by atoms with Crippen LogP contribution in [-0.2, 0) is 0 Å². The quantitative estimate of drug-likeness (QED) is 0.572. The Morgan fingerprint density at radius 1 is 1.23 bits per heavy atom. The molecule has 0 aliphatic heterocycles. The highest BCUT2D eigenvalue weighted by atomic mass is 16.3. The minimum atomic E-state index is 0.259. The normalized spacial score (nSPS) is 15.7. The van der Waals surface area contributed by atoms with Crippen molar-refractivity contribution in [1.82, 2.24) is 5.32 Å². The summed E-state index contributed by atoms with van der Waals surface area (Å²) in [6.45, 7) is 6.79. The first-order valence-electron chi connectivity index (χ1n) is 5.61. The zero-order valence-corrected chi connectivity index (χ0v) is 9.34. The van der Waals surface area contributed by atoms with Crippen molar-refractivity contribution in [2.24, 2.45) is 0 Å². The number of hydrogen-bond acceptors (Lipinski definition) is 2. The Morgan fingerprint density at radius 2 is 1.92 bits per heavy atom. The molecular formula is C11H25NO. The number of aliphatic hydroxyl groups excluding tert-OH is 1. The second kappa shape index (κ2) is 8.52. The van der Waals surface area contributed by atoms with E-state index in [1.54, 1.807) is 0 Å². The molecule has 2 nitrogen and oxygen atoms in total. The first-order chi connectivity index (χ1) is 6.24. The molecule has 0 heterocycles. The van der Waals surface area contributed by atoms with Crippen molar-refractivity contribution in [2.45, 2.75) is 65.0 Å². The van der Waals surface area contributed by atoms with Crippen molar-refractivity contribution < 1.29 is 5.11 Å². The molecule has 0 aromatic heterocycles. The molecule has 0 radical (unpaired) electrons. The van der Waals surface area contributed by atoms with Gasteiger partial charge in [0.15, 0.2) is 0 Å². The molecule has 0 saturated carbocycles. The Balaban J connectivity index is 3.42. The molecule has 0 fully saturated rings. The fourth-order valence-electron chi connectivity index (χ4n) is 1.49. The summed E-state index contributed by atoms with van der Waals surface area (Å²) in [4.78, 5) is 0. The van der Waals surface area contributed by atoms with Gasteiger partial charge in [-0.2, -0.15) is 0 Å². The van der Waals surface area contributed by atoms with Crippen LogP contribution in [0, 0.1) is 0 Å². The number of hydrogen-bond donors (Lipinski definition) is 2. The van der Waals surface area contributed by atoms with E-state index >= 15 is 0 Å². The summed E-state index contributed by atoms with van der Waals surface area (Å²) >= 11 is 0. The minimum Gasteiger partial charge on any atom is -0.395 e. The van der Waals surface area contributed by atoms with Crippen molar-refractivity contribution in [2.75, 3.05) is 6.61 Å². The Hall–Kier alpha value is -0.0800. The van der Waals surface area contributed by atoms with Crippen LogP contribution in [0.5, 0.6) is 0 Å². The lowest BCUT2D eigenvalue weighted by Crippen LogP contribution is -2.38. The topological polar surface area (TPSA) is 32.3 Å². The van der Waals surface area contributed by atoms with Crippen LogP contribution in [0.2, 0.25) is 0 Å². The van der Waals surface area contributed by atoms with Gasteiger partial charge in [0.2, 0.25) is 0 Å². The third-order valence-electron chi connectivity index (χ3n) is 2.47. The molecule has 1 unspecified atom stereocenters. The molecule has 0 aliphatic carbocycles. The van der Waals surface area contributed by atoms with E-state index in [0.717, 1.165) is 6.42 Å². The maximum atomic E-state index is 8.98. The summed E-state index contributed by atoms with van der Waals surface area (Å²) in [5.41, 5.74) is 0. The van der Waals surface area contributed by atoms with E-state index in [0.29, 0.717) is 6.04 Å². The zero-order valence-electron chi connectivity index (χ0n) is 9.34. The number of unbranched alkanes of at least 4 members (excludes halogenated alkanes) is 2. The van der Waals surface area contributed by atoms with Crippen molar-refractivity contribution in [3.05, 3.63) is 0 Å². The van der Waals surface area contributed by atoms with Crippen LogP contribution in [0.1, 0.15) is 52.9 Å². The van der Waals surface area contributed by atoms with Crippen LogP contribution < -0.4 is 5.32 Å². The Morgan fingerprint density at radius 3 is 2.38 bits per heavy atom. The lowest BCUT2D eigenvalue weighted by Gasteiger charge is -2.20. The van der Waals surface area contributed by atoms with Crippen LogP contribution in [-0.4, -0.2) is 23.8 Å². The standard InChI is InChI=1S/C11H25NO/c1-4-6-7-8-10(3)12-11(5-2)9-13/h10-13H,4-9H2,1-3H3/t10?,11-/m0/s1. The molecule has 13 heavy (non-hydrogen) atoms. The maximum Gasteiger partial charge on any atom is 0.0584 e. The Kier molecular flexibility index (Phi) is 8.46. The molecular weight excluding hydrogens is 162 g/mol. The third kappa shape index (κ3) is 7.03. The minimum absolute atomic E-state index is 0.259. The lowest BCUT2D eigenvalue weighted by atomic mass is 10.1. The molecule has 0 bridgehead atoms. The van der Waals surface area contributed by atoms with Gasteiger partial charge in [-0.05, 0) is 19.8 Å². The van der Waals surface area contributed by atoms with Gasteiger partial charge in [0.25, 0.3) is 0 Å². The Bertz CT molecular complexity index is 102. The zero-order chi connectivity index (χ0) is 10.1. The van der Waals surface area contributed by atoms with E-state index in [1.165, 1.54) is 25.7 Å². The summed E-state index contributed by atoms with van der Waals surface area (Å²) in [5.74, 6) is 0. The molecule has 0 spiro atoms. The fraction of sp³-hybridized carbons (Fsp3) is 1.00. The molecule has 0 aromatic rings. The van der Waals surface area contributed by atoms with Crippen molar-refractivity contribution >= 4 is 0 Å². The predicted octanol–water partition coefficient (Wildman–Crippen LogP) is 2.32. The van der Waals surface area contributed by atoms with Crippen molar-refractivity contribution in [3.63, 3.8) is 0 Å². The van der Waals surface area contributed by atoms with Crippen LogP contribution >= 0.6 is 0 Å². The Labute approximate surface area is 82.7 Å². The SMILES string of the molecule is CCCCCC(C)N[C@@H](CC)CO. The maximum absolute atomic E-state index is 8.98. The van der Waals surface area contributed by atoms with Gasteiger partial charge in [-0.3, -0.25) is 0 Å². The molecule has 0 saturated heterocycles. The average Bonchev–Trinajstić information content (AvgIpc) is 2.14. The second-order valence-corrected chi connectivity index (χ2v) is 3.85. The first kappa shape index (κ1) is 12.9. The van der Waals surface area contributed by atoms with E-state index in [2.05, 4.69) is 26.1 Å². The molecule has 2 N–H and O–H groups in total. The van der Waals surface area contributed by atoms with Gasteiger partial charge in [0.05, 0.1) is 6.61 Å². The van der Waals surface area contributed by atoms with Gasteiger partial charge in [-0.15, -0.1) is 0 Å². The van der Waals surface area contributed by atoms with E-state index in [4.69, 9.17) is 5.11 Å². The van der Waals surface area contributed by atoms with E-state index in [9.17, 15) is 0 Å². The highest BCUT2D eigenvalue weighted by Crippen LogP contribution is 2.04. The van der Waals surface area contributed by atoms with Crippen molar-refractivity contribution in [3.8, 4) is 0 Å². The highest BCUT2D eigenvalue weighted by Gasteiger charge is 2.07. The number of aliphatic hydroxyl groups is 1. The fourth-order valence-corrected chi connectivity index (χ4v) is 1.49. The van der Waals surface area contributed by atoms with Crippen LogP contribution in [0.3, 0.4) is 0 Å². The van der Waals surface area contributed by atoms with E-state index in [-0.39, 0.29) is 12.6 Å². The van der Waals surface area contributed by atoms with Gasteiger partial charge in [-0.25, -0.2) is 0 Å². The van der Waals surface area contributed by atoms with Crippen LogP contribution in [0.15, 0.2) is 0 Å². The van der Waals surface area contributed by atoms with Gasteiger partial charge in [0.1, 0.15) is 0 Å². The van der Waals surface area contributed by atoms with E-state index < -0.39 is 0 Å². The summed E-state index contributed by atoms with van der Waals surface area (Å²) < 4.78 is 0. The monoisotopic (exact) mass is 187 g/mol. The average molecular weight is 187 g/mol. The van der Waals surface area contributed by atoms with Gasteiger partial charge < -0.3 is 10.4 Å². The summed E-state index contributed by atoms with van der Waals surface area (Å²) in [6.07, 6.45) is 6.14. The summed E-state index contributed by atoms with van der Waals surface area (Å²) in [7, 11) is 0. The van der Waals surface area contributed by atoms with E-state index in [1.807, 2.05) is 0 Å². The number of rotatable bonds is 8. The summed E-state index contributed by atoms with van der Waals surface area (Å²) in [5, 5.41) is 12.4. The lowest BCUT2D eigenvalue weighted by molar-refractivity contribution is 0.227. The van der Waals surface area contributed by atoms with Gasteiger partial charge in [0, 0.05) is 12.1 Å².